The number of aromatic nitrogens is 1. The number of amides is 1. The van der Waals surface area contributed by atoms with Gasteiger partial charge in [-0.3, -0.25) is 4.79 Å². The summed E-state index contributed by atoms with van der Waals surface area (Å²) in [6.07, 6.45) is 0. The van der Waals surface area contributed by atoms with E-state index in [0.717, 1.165) is 16.8 Å². The Kier molecular flexibility index (Phi) is 4.89. The Bertz CT molecular complexity index is 959. The molecule has 26 heavy (non-hydrogen) atoms. The van der Waals surface area contributed by atoms with Crippen LogP contribution in [0.25, 0.3) is 0 Å². The monoisotopic (exact) mass is 354 g/mol. The number of benzene rings is 2. The van der Waals surface area contributed by atoms with Gasteiger partial charge < -0.3 is 9.88 Å². The van der Waals surface area contributed by atoms with Gasteiger partial charge in [0.1, 0.15) is 17.3 Å². The van der Waals surface area contributed by atoms with Crippen LogP contribution in [0.4, 0.5) is 14.5 Å². The third kappa shape index (κ3) is 3.38. The van der Waals surface area contributed by atoms with Crippen LogP contribution in [0.1, 0.15) is 32.9 Å². The Hall–Kier alpha value is -2.95. The van der Waals surface area contributed by atoms with Crippen molar-refractivity contribution in [2.75, 3.05) is 5.32 Å². The number of rotatable bonds is 4. The first-order valence-electron chi connectivity index (χ1n) is 8.35. The second-order valence-electron chi connectivity index (χ2n) is 6.32. The van der Waals surface area contributed by atoms with E-state index in [1.165, 1.54) is 30.3 Å². The molecule has 0 radical (unpaired) electrons. The number of nitrogens with zero attached hydrogens (tertiary/aromatic N) is 1. The van der Waals surface area contributed by atoms with Crippen molar-refractivity contribution in [2.24, 2.45) is 0 Å². The van der Waals surface area contributed by atoms with E-state index in [9.17, 15) is 13.6 Å². The summed E-state index contributed by atoms with van der Waals surface area (Å²) in [4.78, 5) is 12.9. The van der Waals surface area contributed by atoms with E-state index in [2.05, 4.69) is 5.32 Å². The molecule has 5 heteroatoms. The zero-order valence-electron chi connectivity index (χ0n) is 14.9. The largest absolute Gasteiger partial charge is 0.336 e. The van der Waals surface area contributed by atoms with Crippen LogP contribution >= 0.6 is 0 Å². The number of anilines is 1. The average molecular weight is 354 g/mol. The zero-order chi connectivity index (χ0) is 18.8. The van der Waals surface area contributed by atoms with Gasteiger partial charge in [-0.2, -0.15) is 0 Å². The maximum Gasteiger partial charge on any atom is 0.272 e. The van der Waals surface area contributed by atoms with Crippen LogP contribution in [0.2, 0.25) is 0 Å². The molecule has 0 bridgehead atoms. The minimum Gasteiger partial charge on any atom is -0.336 e. The first-order valence-corrected chi connectivity index (χ1v) is 8.35. The molecule has 0 unspecified atom stereocenters. The summed E-state index contributed by atoms with van der Waals surface area (Å²) in [5.74, 6) is -0.976. The maximum absolute atomic E-state index is 14.1. The molecule has 3 nitrogen and oxygen atoms in total. The fraction of sp³-hybridized carbons (Fsp3) is 0.190. The van der Waals surface area contributed by atoms with Gasteiger partial charge in [-0.15, -0.1) is 0 Å². The van der Waals surface area contributed by atoms with Gasteiger partial charge in [0.25, 0.3) is 5.91 Å². The molecule has 1 aromatic heterocycles. The molecule has 0 saturated heterocycles. The lowest BCUT2D eigenvalue weighted by Crippen LogP contribution is -2.19. The number of carbonyl (C=O) groups excluding carboxylic acids is 1. The zero-order valence-corrected chi connectivity index (χ0v) is 14.9. The molecule has 0 aliphatic carbocycles. The van der Waals surface area contributed by atoms with Gasteiger partial charge in [-0.25, -0.2) is 8.78 Å². The van der Waals surface area contributed by atoms with Crippen molar-refractivity contribution in [3.63, 3.8) is 0 Å². The highest BCUT2D eigenvalue weighted by Gasteiger charge is 2.21. The van der Waals surface area contributed by atoms with E-state index in [0.29, 0.717) is 16.9 Å². The van der Waals surface area contributed by atoms with Crippen LogP contribution < -0.4 is 5.32 Å². The van der Waals surface area contributed by atoms with E-state index in [4.69, 9.17) is 0 Å². The second kappa shape index (κ2) is 7.12. The topological polar surface area (TPSA) is 34.0 Å². The third-order valence-corrected chi connectivity index (χ3v) is 4.74. The Morgan fingerprint density at radius 2 is 1.62 bits per heavy atom. The van der Waals surface area contributed by atoms with Crippen LogP contribution in [0.15, 0.2) is 48.5 Å². The Labute approximate surface area is 151 Å². The summed E-state index contributed by atoms with van der Waals surface area (Å²) >= 11 is 0. The van der Waals surface area contributed by atoms with Gasteiger partial charge in [-0.1, -0.05) is 18.2 Å². The summed E-state index contributed by atoms with van der Waals surface area (Å²) in [6.45, 7) is 5.99. The number of nitrogens with one attached hydrogen (secondary N) is 1. The fourth-order valence-electron chi connectivity index (χ4n) is 3.03. The summed E-state index contributed by atoms with van der Waals surface area (Å²) < 4.78 is 29.0. The van der Waals surface area contributed by atoms with Gasteiger partial charge in [0.05, 0.1) is 6.54 Å². The molecule has 3 aromatic rings. The standard InChI is InChI=1S/C21H20F2N2O/c1-13-14(2)20(21(26)24-18-10-8-17(22)9-11-18)25(15(13)3)12-16-6-4-5-7-19(16)23/h4-11H,12H2,1-3H3,(H,24,26). The molecular weight excluding hydrogens is 334 g/mol. The highest BCUT2D eigenvalue weighted by atomic mass is 19.1. The molecule has 2 aromatic carbocycles. The first kappa shape index (κ1) is 17.9. The average Bonchev–Trinajstić information content (AvgIpc) is 2.83. The Morgan fingerprint density at radius 1 is 0.962 bits per heavy atom. The molecule has 134 valence electrons. The van der Waals surface area contributed by atoms with Crippen molar-refractivity contribution in [1.82, 2.24) is 4.57 Å². The van der Waals surface area contributed by atoms with Gasteiger partial charge >= 0.3 is 0 Å². The number of halogens is 2. The SMILES string of the molecule is Cc1c(C)c(C(=O)Nc2ccc(F)cc2)n(Cc2ccccc2F)c1C. The van der Waals surface area contributed by atoms with Crippen LogP contribution in [0.3, 0.4) is 0 Å². The molecule has 0 atom stereocenters. The molecule has 0 aliphatic rings. The summed E-state index contributed by atoms with van der Waals surface area (Å²) in [7, 11) is 0. The number of hydrogen-bond acceptors (Lipinski definition) is 1. The molecule has 3 rings (SSSR count). The Morgan fingerprint density at radius 3 is 2.27 bits per heavy atom. The highest BCUT2D eigenvalue weighted by molar-refractivity contribution is 6.04. The predicted molar refractivity (Wildman–Crippen MR) is 98.5 cm³/mol. The van der Waals surface area contributed by atoms with Gasteiger partial charge in [0, 0.05) is 16.9 Å². The van der Waals surface area contributed by atoms with E-state index in [1.807, 2.05) is 25.3 Å². The van der Waals surface area contributed by atoms with Crippen LogP contribution in [0, 0.1) is 32.4 Å². The number of hydrogen-bond donors (Lipinski definition) is 1. The second-order valence-corrected chi connectivity index (χ2v) is 6.32. The van der Waals surface area contributed by atoms with Crippen molar-refractivity contribution < 1.29 is 13.6 Å². The molecule has 0 fully saturated rings. The van der Waals surface area contributed by atoms with Crippen molar-refractivity contribution >= 4 is 11.6 Å². The van der Waals surface area contributed by atoms with Crippen molar-refractivity contribution in [2.45, 2.75) is 27.3 Å². The molecule has 1 N–H and O–H groups in total. The molecule has 0 spiro atoms. The normalized spacial score (nSPS) is 10.8. The maximum atomic E-state index is 14.1. The lowest BCUT2D eigenvalue weighted by molar-refractivity contribution is 0.101. The Balaban J connectivity index is 1.98. The lowest BCUT2D eigenvalue weighted by Gasteiger charge is -2.13. The summed E-state index contributed by atoms with van der Waals surface area (Å²) in [6, 6.07) is 12.1. The summed E-state index contributed by atoms with van der Waals surface area (Å²) in [5.41, 5.74) is 4.25. The number of carbonyl (C=O) groups is 1. The van der Waals surface area contributed by atoms with Gasteiger partial charge in [0.15, 0.2) is 0 Å². The van der Waals surface area contributed by atoms with Gasteiger partial charge in [0.2, 0.25) is 0 Å². The first-order chi connectivity index (χ1) is 12.4. The quantitative estimate of drug-likeness (QED) is 0.703. The van der Waals surface area contributed by atoms with Gasteiger partial charge in [-0.05, 0) is 62.2 Å². The highest BCUT2D eigenvalue weighted by Crippen LogP contribution is 2.24. The third-order valence-electron chi connectivity index (χ3n) is 4.74. The fourth-order valence-corrected chi connectivity index (χ4v) is 3.03. The van der Waals surface area contributed by atoms with Crippen LogP contribution in [-0.4, -0.2) is 10.5 Å². The minimum atomic E-state index is -0.367. The minimum absolute atomic E-state index is 0.263. The van der Waals surface area contributed by atoms with Crippen LogP contribution in [0.5, 0.6) is 0 Å². The van der Waals surface area contributed by atoms with E-state index >= 15 is 0 Å². The smallest absolute Gasteiger partial charge is 0.272 e. The van der Waals surface area contributed by atoms with Crippen molar-refractivity contribution in [1.29, 1.82) is 0 Å². The van der Waals surface area contributed by atoms with E-state index < -0.39 is 0 Å². The molecule has 0 saturated carbocycles. The lowest BCUT2D eigenvalue weighted by atomic mass is 10.1. The molecule has 0 aliphatic heterocycles. The van der Waals surface area contributed by atoms with Crippen LogP contribution in [-0.2, 0) is 6.54 Å². The van der Waals surface area contributed by atoms with E-state index in [1.54, 1.807) is 18.2 Å². The molecular formula is C21H20F2N2O. The van der Waals surface area contributed by atoms with Crippen molar-refractivity contribution in [3.05, 3.63) is 88.2 Å². The predicted octanol–water partition coefficient (Wildman–Crippen LogP) is 4.99. The summed E-state index contributed by atoms with van der Waals surface area (Å²) in [5, 5.41) is 2.79. The molecule has 1 amide bonds. The van der Waals surface area contributed by atoms with E-state index in [-0.39, 0.29) is 24.1 Å². The van der Waals surface area contributed by atoms with Crippen molar-refractivity contribution in [3.8, 4) is 0 Å². The molecule has 1 heterocycles.